The van der Waals surface area contributed by atoms with Crippen LogP contribution in [0.1, 0.15) is 27.9 Å². The predicted molar refractivity (Wildman–Crippen MR) is 144 cm³/mol. The van der Waals surface area contributed by atoms with Crippen molar-refractivity contribution < 1.29 is 42.1 Å². The van der Waals surface area contributed by atoms with Crippen LogP contribution in [-0.4, -0.2) is 47.7 Å². The van der Waals surface area contributed by atoms with Gasteiger partial charge in [-0.1, -0.05) is 36.4 Å². The van der Waals surface area contributed by atoms with Gasteiger partial charge in [0.25, 0.3) is 5.91 Å². The van der Waals surface area contributed by atoms with Crippen LogP contribution >= 0.6 is 0 Å². The minimum absolute atomic E-state index is 0.00680. The van der Waals surface area contributed by atoms with Crippen molar-refractivity contribution in [3.63, 3.8) is 0 Å². The lowest BCUT2D eigenvalue weighted by molar-refractivity contribution is -0.192. The third kappa shape index (κ3) is 12.1. The quantitative estimate of drug-likeness (QED) is 0.157. The predicted octanol–water partition coefficient (Wildman–Crippen LogP) is 3.41. The summed E-state index contributed by atoms with van der Waals surface area (Å²) in [5, 5.41) is 19.0. The van der Waals surface area contributed by atoms with Crippen LogP contribution in [0.3, 0.4) is 0 Å². The van der Waals surface area contributed by atoms with E-state index in [1.807, 2.05) is 36.4 Å². The number of aliphatic imine (C=N–C) groups is 1. The Morgan fingerprint density at radius 1 is 1.00 bits per heavy atom. The number of nitriles is 1. The first-order chi connectivity index (χ1) is 19.9. The van der Waals surface area contributed by atoms with Gasteiger partial charge in [0, 0.05) is 5.56 Å². The van der Waals surface area contributed by atoms with E-state index in [9.17, 15) is 22.8 Å². The first-order valence-electron chi connectivity index (χ1n) is 12.0. The highest BCUT2D eigenvalue weighted by molar-refractivity contribution is 5.95. The number of esters is 1. The molecule has 0 aliphatic rings. The summed E-state index contributed by atoms with van der Waals surface area (Å²) in [6, 6.07) is 23.6. The molecule has 3 aromatic rings. The molecule has 0 unspecified atom stereocenters. The third-order valence-corrected chi connectivity index (χ3v) is 5.04. The zero-order chi connectivity index (χ0) is 31.1. The van der Waals surface area contributed by atoms with Crippen molar-refractivity contribution in [1.82, 2.24) is 5.32 Å². The van der Waals surface area contributed by atoms with Gasteiger partial charge < -0.3 is 31.4 Å². The summed E-state index contributed by atoms with van der Waals surface area (Å²) in [4.78, 5) is 38.1. The maximum atomic E-state index is 12.8. The number of carbonyl (C=O) groups is 3. The monoisotopic (exact) mass is 585 g/mol. The van der Waals surface area contributed by atoms with Gasteiger partial charge in [0.1, 0.15) is 19.0 Å². The number of benzene rings is 3. The van der Waals surface area contributed by atoms with Crippen LogP contribution in [-0.2, 0) is 20.9 Å². The fourth-order valence-electron chi connectivity index (χ4n) is 3.11. The van der Waals surface area contributed by atoms with E-state index in [0.717, 1.165) is 5.56 Å². The normalized spacial score (nSPS) is 11.0. The molecule has 1 amide bonds. The number of carboxylic acids is 1. The molecule has 6 N–H and O–H groups in total. The number of alkyl halides is 3. The fraction of sp³-hybridized carbons (Fsp3) is 0.179. The fourth-order valence-corrected chi connectivity index (χ4v) is 3.11. The Hall–Kier alpha value is -5.58. The summed E-state index contributed by atoms with van der Waals surface area (Å²) in [5.74, 6) is -3.29. The van der Waals surface area contributed by atoms with E-state index in [0.29, 0.717) is 22.6 Å². The molecule has 0 spiro atoms. The second kappa shape index (κ2) is 15.9. The van der Waals surface area contributed by atoms with Crippen LogP contribution in [0.2, 0.25) is 0 Å². The van der Waals surface area contributed by atoms with E-state index in [-0.39, 0.29) is 25.6 Å². The minimum atomic E-state index is -5.08. The first-order valence-corrected chi connectivity index (χ1v) is 12.0. The Labute approximate surface area is 238 Å². The van der Waals surface area contributed by atoms with Gasteiger partial charge in [-0.3, -0.25) is 9.59 Å². The zero-order valence-corrected chi connectivity index (χ0v) is 21.9. The third-order valence-electron chi connectivity index (χ3n) is 5.04. The van der Waals surface area contributed by atoms with E-state index >= 15 is 0 Å². The second-order valence-electron chi connectivity index (χ2n) is 8.36. The van der Waals surface area contributed by atoms with Gasteiger partial charge >= 0.3 is 18.1 Å². The van der Waals surface area contributed by atoms with Crippen molar-refractivity contribution in [3.8, 4) is 11.8 Å². The zero-order valence-electron chi connectivity index (χ0n) is 21.9. The van der Waals surface area contributed by atoms with Gasteiger partial charge in [-0.25, -0.2) is 9.79 Å². The highest BCUT2D eigenvalue weighted by atomic mass is 19.4. The molecule has 0 aliphatic heterocycles. The Morgan fingerprint density at radius 3 is 2.21 bits per heavy atom. The van der Waals surface area contributed by atoms with Gasteiger partial charge in [0.15, 0.2) is 5.96 Å². The first kappa shape index (κ1) is 32.6. The van der Waals surface area contributed by atoms with Crippen molar-refractivity contribution in [2.75, 3.05) is 6.61 Å². The van der Waals surface area contributed by atoms with E-state index in [1.54, 1.807) is 48.5 Å². The van der Waals surface area contributed by atoms with E-state index in [2.05, 4.69) is 10.3 Å². The standard InChI is InChI=1S/C26H25N5O4.C2HF3O2/c27-15-19-7-4-8-23(13-19)34-17-22(14-24(32)35-16-18-5-2-1-3-6-18)30-25(33)20-9-11-21(12-10-20)31-26(28)29;3-2(4,5)1(6)7/h1-13,22H,14,16-17H2,(H,30,33)(H4,28,29,31);(H,6,7)/t22-;/m1./s1. The summed E-state index contributed by atoms with van der Waals surface area (Å²) >= 11 is 0. The van der Waals surface area contributed by atoms with E-state index < -0.39 is 30.1 Å². The lowest BCUT2D eigenvalue weighted by Crippen LogP contribution is -2.41. The number of nitrogens with one attached hydrogen (secondary N) is 1. The lowest BCUT2D eigenvalue weighted by Gasteiger charge is -2.19. The number of carbonyl (C=O) groups excluding carboxylic acids is 2. The number of aliphatic carboxylic acids is 1. The molecule has 0 saturated carbocycles. The van der Waals surface area contributed by atoms with Crippen LogP contribution in [0.4, 0.5) is 18.9 Å². The molecule has 0 fully saturated rings. The number of guanidine groups is 1. The highest BCUT2D eigenvalue weighted by Gasteiger charge is 2.38. The summed E-state index contributed by atoms with van der Waals surface area (Å²) in [5.41, 5.74) is 12.9. The van der Waals surface area contributed by atoms with Crippen molar-refractivity contribution in [2.24, 2.45) is 16.5 Å². The number of ether oxygens (including phenoxy) is 2. The lowest BCUT2D eigenvalue weighted by atomic mass is 10.1. The Kier molecular flexibility index (Phi) is 12.3. The number of nitrogens with zero attached hydrogens (tertiary/aromatic N) is 2. The number of halogens is 3. The maximum absolute atomic E-state index is 12.8. The van der Waals surface area contributed by atoms with Crippen LogP contribution in [0.15, 0.2) is 83.9 Å². The molecule has 3 rings (SSSR count). The SMILES string of the molecule is N#Cc1cccc(OC[C@@H](CC(=O)OCc2ccccc2)NC(=O)c2ccc(N=C(N)N)cc2)c1.O=C(O)C(F)(F)F. The Bertz CT molecular complexity index is 1420. The van der Waals surface area contributed by atoms with Gasteiger partial charge in [-0.2, -0.15) is 18.4 Å². The van der Waals surface area contributed by atoms with Crippen LogP contribution in [0.5, 0.6) is 5.75 Å². The van der Waals surface area contributed by atoms with Crippen molar-refractivity contribution in [2.45, 2.75) is 25.2 Å². The molecule has 0 saturated heterocycles. The molecular formula is C28H26F3N5O6. The van der Waals surface area contributed by atoms with E-state index in [1.165, 1.54) is 0 Å². The number of rotatable bonds is 10. The molecular weight excluding hydrogens is 559 g/mol. The van der Waals surface area contributed by atoms with Gasteiger partial charge in [-0.15, -0.1) is 0 Å². The van der Waals surface area contributed by atoms with Crippen molar-refractivity contribution in [1.29, 1.82) is 5.26 Å². The van der Waals surface area contributed by atoms with Gasteiger partial charge in [-0.05, 0) is 48.0 Å². The van der Waals surface area contributed by atoms with E-state index in [4.69, 9.17) is 36.1 Å². The summed E-state index contributed by atoms with van der Waals surface area (Å²) in [6.07, 6.45) is -5.19. The maximum Gasteiger partial charge on any atom is 0.490 e. The molecule has 0 radical (unpaired) electrons. The minimum Gasteiger partial charge on any atom is -0.491 e. The molecule has 220 valence electrons. The number of amides is 1. The number of hydrogen-bond acceptors (Lipinski definition) is 7. The van der Waals surface area contributed by atoms with Gasteiger partial charge in [0.05, 0.1) is 29.8 Å². The smallest absolute Gasteiger partial charge is 0.490 e. The summed E-state index contributed by atoms with van der Waals surface area (Å²) in [6.45, 7) is 0.116. The average Bonchev–Trinajstić information content (AvgIpc) is 2.95. The van der Waals surface area contributed by atoms with Crippen molar-refractivity contribution in [3.05, 3.63) is 95.6 Å². The number of nitrogens with two attached hydrogens (primary N) is 2. The average molecular weight is 586 g/mol. The van der Waals surface area contributed by atoms with Crippen LogP contribution in [0.25, 0.3) is 0 Å². The van der Waals surface area contributed by atoms with Crippen LogP contribution < -0.4 is 21.5 Å². The van der Waals surface area contributed by atoms with Gasteiger partial charge in [0.2, 0.25) is 0 Å². The largest absolute Gasteiger partial charge is 0.491 e. The Balaban J connectivity index is 0.000000782. The van der Waals surface area contributed by atoms with Crippen LogP contribution in [0, 0.1) is 11.3 Å². The molecule has 0 bridgehead atoms. The molecule has 14 heteroatoms. The molecule has 42 heavy (non-hydrogen) atoms. The molecule has 1 atom stereocenters. The summed E-state index contributed by atoms with van der Waals surface area (Å²) in [7, 11) is 0. The molecule has 0 aliphatic carbocycles. The molecule has 0 aromatic heterocycles. The second-order valence-corrected chi connectivity index (χ2v) is 8.36. The topological polar surface area (TPSA) is 190 Å². The summed E-state index contributed by atoms with van der Waals surface area (Å²) < 4.78 is 42.9. The Morgan fingerprint density at radius 2 is 1.64 bits per heavy atom. The molecule has 11 nitrogen and oxygen atoms in total. The number of hydrogen-bond donors (Lipinski definition) is 4. The van der Waals surface area contributed by atoms with Crippen molar-refractivity contribution >= 4 is 29.5 Å². The highest BCUT2D eigenvalue weighted by Crippen LogP contribution is 2.16. The number of carboxylic acid groups (broad SMARTS) is 1. The molecule has 3 aromatic carbocycles. The molecule has 0 heterocycles.